The quantitative estimate of drug-likeness (QED) is 0.812. The van der Waals surface area contributed by atoms with Gasteiger partial charge in [-0.25, -0.2) is 8.42 Å². The highest BCUT2D eigenvalue weighted by molar-refractivity contribution is 7.88. The lowest BCUT2D eigenvalue weighted by Gasteiger charge is -2.25. The first kappa shape index (κ1) is 11.7. The molecule has 0 unspecified atom stereocenters. The zero-order valence-electron chi connectivity index (χ0n) is 9.43. The summed E-state index contributed by atoms with van der Waals surface area (Å²) in [5.41, 5.74) is 0. The minimum atomic E-state index is -3.15. The maximum absolute atomic E-state index is 11.7. The van der Waals surface area contributed by atoms with Gasteiger partial charge in [0.05, 0.1) is 19.1 Å². The van der Waals surface area contributed by atoms with Crippen LogP contribution >= 0.6 is 0 Å². The van der Waals surface area contributed by atoms with Gasteiger partial charge in [0.25, 0.3) is 0 Å². The van der Waals surface area contributed by atoms with E-state index in [2.05, 4.69) is 0 Å². The van der Waals surface area contributed by atoms with Crippen LogP contribution < -0.4 is 0 Å². The van der Waals surface area contributed by atoms with Crippen LogP contribution in [-0.2, 0) is 16.6 Å². The first-order chi connectivity index (χ1) is 7.57. The summed E-state index contributed by atoms with van der Waals surface area (Å²) in [6, 6.07) is 3.75. The molecule has 2 rings (SSSR count). The fourth-order valence-corrected chi connectivity index (χ4v) is 3.38. The van der Waals surface area contributed by atoms with Gasteiger partial charge in [0, 0.05) is 6.04 Å². The van der Waals surface area contributed by atoms with Gasteiger partial charge in [-0.1, -0.05) is 12.8 Å². The second kappa shape index (κ2) is 4.59. The van der Waals surface area contributed by atoms with Crippen molar-refractivity contribution in [2.45, 2.75) is 38.3 Å². The van der Waals surface area contributed by atoms with Gasteiger partial charge in [0.15, 0.2) is 0 Å². The van der Waals surface area contributed by atoms with Crippen LogP contribution in [0.4, 0.5) is 0 Å². The van der Waals surface area contributed by atoms with E-state index in [1.807, 2.05) is 6.07 Å². The van der Waals surface area contributed by atoms with Crippen molar-refractivity contribution in [1.82, 2.24) is 4.31 Å². The number of hydrogen-bond acceptors (Lipinski definition) is 3. The van der Waals surface area contributed by atoms with Gasteiger partial charge in [-0.05, 0) is 25.0 Å². The van der Waals surface area contributed by atoms with Crippen molar-refractivity contribution in [2.24, 2.45) is 0 Å². The normalized spacial score (nSPS) is 18.4. The Kier molecular flexibility index (Phi) is 3.35. The standard InChI is InChI=1S/C11H17NO3S/c1-16(13,14)12(10-5-2-3-6-10)9-11-7-4-8-15-11/h4,7-8,10H,2-3,5-6,9H2,1H3. The van der Waals surface area contributed by atoms with Crippen molar-refractivity contribution in [1.29, 1.82) is 0 Å². The number of sulfonamides is 1. The zero-order chi connectivity index (χ0) is 11.6. The molecule has 0 spiro atoms. The number of nitrogens with zero attached hydrogens (tertiary/aromatic N) is 1. The first-order valence-corrected chi connectivity index (χ1v) is 7.41. The van der Waals surface area contributed by atoms with E-state index >= 15 is 0 Å². The Morgan fingerprint density at radius 1 is 1.44 bits per heavy atom. The van der Waals surface area contributed by atoms with E-state index in [0.29, 0.717) is 12.3 Å². The van der Waals surface area contributed by atoms with E-state index in [1.165, 1.54) is 6.26 Å². The molecule has 1 aromatic rings. The molecule has 1 aliphatic rings. The zero-order valence-corrected chi connectivity index (χ0v) is 10.2. The summed E-state index contributed by atoms with van der Waals surface area (Å²) in [6.45, 7) is 0.358. The molecule has 0 radical (unpaired) electrons. The lowest BCUT2D eigenvalue weighted by molar-refractivity contribution is 0.294. The molecule has 0 atom stereocenters. The summed E-state index contributed by atoms with van der Waals surface area (Å²) in [5, 5.41) is 0. The minimum absolute atomic E-state index is 0.153. The van der Waals surface area contributed by atoms with Crippen molar-refractivity contribution < 1.29 is 12.8 Å². The van der Waals surface area contributed by atoms with Crippen LogP contribution in [0, 0.1) is 0 Å². The Morgan fingerprint density at radius 3 is 2.62 bits per heavy atom. The van der Waals surface area contributed by atoms with Gasteiger partial charge < -0.3 is 4.42 Å². The largest absolute Gasteiger partial charge is 0.468 e. The summed E-state index contributed by atoms with van der Waals surface area (Å²) < 4.78 is 30.2. The molecular formula is C11H17NO3S. The van der Waals surface area contributed by atoms with Crippen molar-refractivity contribution >= 4 is 10.0 Å². The molecule has 0 saturated heterocycles. The Labute approximate surface area is 96.3 Å². The third kappa shape index (κ3) is 2.65. The van der Waals surface area contributed by atoms with Crippen LogP contribution in [0.15, 0.2) is 22.8 Å². The van der Waals surface area contributed by atoms with Crippen molar-refractivity contribution in [3.63, 3.8) is 0 Å². The molecule has 1 aromatic heterocycles. The minimum Gasteiger partial charge on any atom is -0.468 e. The van der Waals surface area contributed by atoms with Crippen molar-refractivity contribution in [2.75, 3.05) is 6.26 Å². The molecule has 4 nitrogen and oxygen atoms in total. The fourth-order valence-electron chi connectivity index (χ4n) is 2.27. The molecule has 1 fully saturated rings. The van der Waals surface area contributed by atoms with Gasteiger partial charge in [0.2, 0.25) is 10.0 Å². The average Bonchev–Trinajstić information content (AvgIpc) is 2.85. The summed E-state index contributed by atoms with van der Waals surface area (Å²) >= 11 is 0. The molecule has 1 saturated carbocycles. The molecule has 0 aromatic carbocycles. The van der Waals surface area contributed by atoms with Crippen LogP contribution in [0.5, 0.6) is 0 Å². The average molecular weight is 243 g/mol. The highest BCUT2D eigenvalue weighted by Gasteiger charge is 2.29. The Bertz CT molecular complexity index is 418. The second-order valence-electron chi connectivity index (χ2n) is 4.33. The second-order valence-corrected chi connectivity index (χ2v) is 6.26. The molecule has 5 heteroatoms. The van der Waals surface area contributed by atoms with Gasteiger partial charge in [-0.3, -0.25) is 0 Å². The maximum atomic E-state index is 11.7. The van der Waals surface area contributed by atoms with Gasteiger partial charge in [-0.2, -0.15) is 4.31 Å². The smallest absolute Gasteiger partial charge is 0.211 e. The molecule has 16 heavy (non-hydrogen) atoms. The highest BCUT2D eigenvalue weighted by atomic mass is 32.2. The number of hydrogen-bond donors (Lipinski definition) is 0. The number of rotatable bonds is 4. The maximum Gasteiger partial charge on any atom is 0.211 e. The van der Waals surface area contributed by atoms with E-state index in [4.69, 9.17) is 4.42 Å². The summed E-state index contributed by atoms with van der Waals surface area (Å²) in [4.78, 5) is 0. The Hall–Kier alpha value is -0.810. The summed E-state index contributed by atoms with van der Waals surface area (Å²) in [5.74, 6) is 0.706. The van der Waals surface area contributed by atoms with E-state index in [1.54, 1.807) is 16.6 Å². The van der Waals surface area contributed by atoms with E-state index in [-0.39, 0.29) is 6.04 Å². The van der Waals surface area contributed by atoms with Crippen LogP contribution in [0.2, 0.25) is 0 Å². The molecule has 0 aliphatic heterocycles. The molecule has 0 N–H and O–H groups in total. The van der Waals surface area contributed by atoms with Gasteiger partial charge in [0.1, 0.15) is 5.76 Å². The molecule has 0 bridgehead atoms. The van der Waals surface area contributed by atoms with E-state index in [9.17, 15) is 8.42 Å². The SMILES string of the molecule is CS(=O)(=O)N(Cc1ccco1)C1CCCC1. The van der Waals surface area contributed by atoms with Gasteiger partial charge in [-0.15, -0.1) is 0 Å². The lowest BCUT2D eigenvalue weighted by Crippen LogP contribution is -2.37. The Balaban J connectivity index is 2.15. The Morgan fingerprint density at radius 2 is 2.12 bits per heavy atom. The van der Waals surface area contributed by atoms with Crippen LogP contribution in [0.1, 0.15) is 31.4 Å². The molecule has 1 heterocycles. The molecule has 0 amide bonds. The molecular weight excluding hydrogens is 226 g/mol. The van der Waals surface area contributed by atoms with Gasteiger partial charge >= 0.3 is 0 Å². The molecule has 1 aliphatic carbocycles. The van der Waals surface area contributed by atoms with Crippen molar-refractivity contribution in [3.8, 4) is 0 Å². The third-order valence-corrected chi connectivity index (χ3v) is 4.33. The topological polar surface area (TPSA) is 50.5 Å². The summed E-state index contributed by atoms with van der Waals surface area (Å²) in [6.07, 6.45) is 7.02. The fraction of sp³-hybridized carbons (Fsp3) is 0.636. The predicted molar refractivity (Wildman–Crippen MR) is 61.4 cm³/mol. The van der Waals surface area contributed by atoms with Crippen LogP contribution in [0.3, 0.4) is 0 Å². The van der Waals surface area contributed by atoms with E-state index in [0.717, 1.165) is 25.7 Å². The predicted octanol–water partition coefficient (Wildman–Crippen LogP) is 1.98. The van der Waals surface area contributed by atoms with Crippen LogP contribution in [0.25, 0.3) is 0 Å². The van der Waals surface area contributed by atoms with Crippen LogP contribution in [-0.4, -0.2) is 25.0 Å². The molecule has 90 valence electrons. The highest BCUT2D eigenvalue weighted by Crippen LogP contribution is 2.26. The lowest BCUT2D eigenvalue weighted by atomic mass is 10.2. The first-order valence-electron chi connectivity index (χ1n) is 5.56. The number of furan rings is 1. The monoisotopic (exact) mass is 243 g/mol. The van der Waals surface area contributed by atoms with Crippen molar-refractivity contribution in [3.05, 3.63) is 24.2 Å². The summed E-state index contributed by atoms with van der Waals surface area (Å²) in [7, 11) is -3.15. The van der Waals surface area contributed by atoms with E-state index < -0.39 is 10.0 Å². The third-order valence-electron chi connectivity index (χ3n) is 3.05.